The molecule has 0 bridgehead atoms. The Morgan fingerprint density at radius 3 is 1.66 bits per heavy atom. The van der Waals surface area contributed by atoms with Gasteiger partial charge in [-0.2, -0.15) is 0 Å². The molecule has 2 aromatic heterocycles. The maximum atomic E-state index is 15.1. The number of nitrogens with zero attached hydrogens (tertiary/aromatic N) is 7. The quantitative estimate of drug-likeness (QED) is 0.0145. The van der Waals surface area contributed by atoms with Gasteiger partial charge in [0.15, 0.2) is 10.8 Å². The molecule has 10 rings (SSSR count). The van der Waals surface area contributed by atoms with E-state index in [9.17, 15) is 14.7 Å². The van der Waals surface area contributed by atoms with Crippen LogP contribution in [0.2, 0.25) is 0 Å². The average Bonchev–Trinajstić information content (AvgIpc) is 4.07. The van der Waals surface area contributed by atoms with Gasteiger partial charge in [-0.15, -0.1) is 33.0 Å². The third-order valence-electron chi connectivity index (χ3n) is 12.1. The zero-order valence-electron chi connectivity index (χ0n) is 36.8. The molecule has 2 amide bonds. The Bertz CT molecular complexity index is 3080. The molecular formula is C52H40N10O5S3. The zero-order valence-corrected chi connectivity index (χ0v) is 39.2. The summed E-state index contributed by atoms with van der Waals surface area (Å²) >= 11 is 8.06. The molecule has 2 atom stereocenters. The van der Waals surface area contributed by atoms with Crippen LogP contribution in [0.4, 0.5) is 5.13 Å². The van der Waals surface area contributed by atoms with E-state index >= 15 is 4.79 Å². The van der Waals surface area contributed by atoms with Crippen molar-refractivity contribution in [3.63, 3.8) is 0 Å². The second kappa shape index (κ2) is 19.4. The standard InChI is InChI=1S/C52H40N10O5S3/c53-62-45(57-59-60-62)44(68)39-31-69-48-42(47(64)61(48)43(39)49(65)66)55-46(63)41(58-67-52(36-25-13-4-14-26-36,37-27-15-5-16-28-37)38-29-17-6-18-30-38)40-32-70-50(54-40)56-51(33-19-7-1-8-20-33,34-21-9-2-10-22-34)35-23-11-3-12-24-35/h1-30,32,42,48H,31,53H2,(H,54,56)(H,55,63)(H,65,66)/b58-41-/t42-,48+/m1/s1. The molecule has 70 heavy (non-hydrogen) atoms. The fourth-order valence-corrected chi connectivity index (χ4v) is 11.4. The summed E-state index contributed by atoms with van der Waals surface area (Å²) in [4.78, 5) is 56.0. The lowest BCUT2D eigenvalue weighted by Crippen LogP contribution is -2.71. The molecule has 5 N–H and O–H groups in total. The van der Waals surface area contributed by atoms with E-state index in [4.69, 9.17) is 33.0 Å². The highest BCUT2D eigenvalue weighted by atomic mass is 32.2. The van der Waals surface area contributed by atoms with Crippen LogP contribution in [-0.4, -0.2) is 80.8 Å². The number of carbonyl (C=O) groups is 3. The van der Waals surface area contributed by atoms with Crippen LogP contribution in [0.5, 0.6) is 0 Å². The highest BCUT2D eigenvalue weighted by molar-refractivity contribution is 8.00. The summed E-state index contributed by atoms with van der Waals surface area (Å²) in [6, 6.07) is 57.6. The molecule has 0 spiro atoms. The summed E-state index contributed by atoms with van der Waals surface area (Å²) in [6.45, 7) is 0. The first kappa shape index (κ1) is 45.5. The van der Waals surface area contributed by atoms with E-state index < -0.39 is 40.3 Å². The van der Waals surface area contributed by atoms with Gasteiger partial charge in [0.25, 0.3) is 11.8 Å². The van der Waals surface area contributed by atoms with Gasteiger partial charge < -0.3 is 26.4 Å². The number of benzene rings is 6. The van der Waals surface area contributed by atoms with Crippen molar-refractivity contribution in [1.29, 1.82) is 0 Å². The number of hydrogen-bond donors (Lipinski definition) is 4. The fourth-order valence-electron chi connectivity index (χ4n) is 8.86. The first-order chi connectivity index (χ1) is 34.2. The van der Waals surface area contributed by atoms with Gasteiger partial charge in [0.1, 0.15) is 28.3 Å². The van der Waals surface area contributed by atoms with Crippen LogP contribution in [0.15, 0.2) is 204 Å². The Kier molecular flexibility index (Phi) is 12.6. The number of fused-ring (bicyclic) bond motifs is 1. The maximum absolute atomic E-state index is 15.1. The molecule has 346 valence electrons. The normalized spacial score (nSPS) is 15.9. The summed E-state index contributed by atoms with van der Waals surface area (Å²) in [7, 11) is 0. The Labute approximate surface area is 414 Å². The van der Waals surface area contributed by atoms with Crippen molar-refractivity contribution in [1.82, 2.24) is 35.5 Å². The maximum Gasteiger partial charge on any atom is 0.353 e. The van der Waals surface area contributed by atoms with Gasteiger partial charge >= 0.3 is 5.97 Å². The van der Waals surface area contributed by atoms with E-state index in [0.29, 0.717) is 5.13 Å². The van der Waals surface area contributed by atoms with Crippen molar-refractivity contribution in [2.75, 3.05) is 16.9 Å². The number of tetrazole rings is 1. The second-order valence-electron chi connectivity index (χ2n) is 16.1. The number of aliphatic carboxylic acids is 1. The van der Waals surface area contributed by atoms with E-state index in [2.05, 4.69) is 62.6 Å². The van der Waals surface area contributed by atoms with Gasteiger partial charge in [-0.1, -0.05) is 199 Å². The highest BCUT2D eigenvalue weighted by Crippen LogP contribution is 2.44. The number of carbonyl (C=O) groups excluding carboxylic acids is 2. The number of amides is 2. The predicted octanol–water partition coefficient (Wildman–Crippen LogP) is 7.12. The van der Waals surface area contributed by atoms with E-state index in [-0.39, 0.29) is 39.1 Å². The van der Waals surface area contributed by atoms with Crippen LogP contribution in [-0.2, 0) is 30.4 Å². The van der Waals surface area contributed by atoms with Gasteiger partial charge in [-0.25, -0.2) is 9.78 Å². The van der Waals surface area contributed by atoms with E-state index in [0.717, 1.165) is 43.1 Å². The monoisotopic (exact) mass is 980 g/mol. The van der Waals surface area contributed by atoms with Crippen molar-refractivity contribution in [2.24, 2.45) is 5.16 Å². The zero-order chi connectivity index (χ0) is 48.2. The van der Waals surface area contributed by atoms with Gasteiger partial charge in [-0.05, 0) is 27.1 Å². The number of thioether (sulfide) groups is 1. The summed E-state index contributed by atoms with van der Waals surface area (Å²) in [5, 5.41) is 34.2. The molecular weight excluding hydrogens is 941 g/mol. The molecule has 2 aliphatic rings. The highest BCUT2D eigenvalue weighted by Gasteiger charge is 2.55. The third-order valence-corrected chi connectivity index (χ3v) is 14.6. The molecule has 4 heterocycles. The van der Waals surface area contributed by atoms with E-state index in [1.54, 1.807) is 5.38 Å². The predicted molar refractivity (Wildman–Crippen MR) is 271 cm³/mol. The van der Waals surface area contributed by atoms with Crippen LogP contribution in [0.1, 0.15) is 44.9 Å². The lowest BCUT2D eigenvalue weighted by Gasteiger charge is -2.49. The smallest absolute Gasteiger partial charge is 0.353 e. The van der Waals surface area contributed by atoms with Crippen molar-refractivity contribution in [3.8, 4) is 0 Å². The number of carboxylic acids is 1. The molecule has 0 saturated carbocycles. The molecule has 0 aliphatic carbocycles. The van der Waals surface area contributed by atoms with Gasteiger partial charge in [-0.3, -0.25) is 14.5 Å². The molecule has 6 aromatic carbocycles. The Morgan fingerprint density at radius 1 is 0.743 bits per heavy atom. The number of anilines is 1. The van der Waals surface area contributed by atoms with Crippen LogP contribution in [0.3, 0.4) is 0 Å². The Balaban J connectivity index is 1.07. The van der Waals surface area contributed by atoms with Crippen molar-refractivity contribution < 1.29 is 24.3 Å². The third kappa shape index (κ3) is 8.16. The lowest BCUT2D eigenvalue weighted by atomic mass is 9.77. The first-order valence-electron chi connectivity index (χ1n) is 21.8. The van der Waals surface area contributed by atoms with Crippen LogP contribution in [0.25, 0.3) is 0 Å². The van der Waals surface area contributed by atoms with E-state index in [1.807, 2.05) is 146 Å². The van der Waals surface area contributed by atoms with Crippen molar-refractivity contribution in [3.05, 3.63) is 244 Å². The van der Waals surface area contributed by atoms with Crippen molar-refractivity contribution >= 4 is 68.8 Å². The number of carboxylic acid groups (broad SMARTS) is 1. The number of rotatable bonds is 16. The lowest BCUT2D eigenvalue weighted by molar-refractivity contribution is -0.150. The number of aromatic nitrogens is 5. The number of thiocarbonyl (C=S) groups is 1. The number of nitrogen functional groups attached to an aromatic ring is 1. The topological polar surface area (TPSA) is 203 Å². The molecule has 8 aromatic rings. The molecule has 15 nitrogen and oxygen atoms in total. The van der Waals surface area contributed by atoms with Gasteiger partial charge in [0.05, 0.1) is 4.86 Å². The molecule has 1 fully saturated rings. The fraction of sp³-hybridized carbons (Fsp3) is 0.0962. The summed E-state index contributed by atoms with van der Waals surface area (Å²) in [6.07, 6.45) is 0. The van der Waals surface area contributed by atoms with E-state index in [1.165, 1.54) is 23.1 Å². The molecule has 18 heteroatoms. The summed E-state index contributed by atoms with van der Waals surface area (Å²) in [5.41, 5.74) is 2.35. The minimum atomic E-state index is -1.40. The van der Waals surface area contributed by atoms with Crippen LogP contribution >= 0.6 is 35.3 Å². The molecule has 1 saturated heterocycles. The van der Waals surface area contributed by atoms with Gasteiger partial charge in [0, 0.05) is 33.4 Å². The number of nitrogens with two attached hydrogens (primary N) is 1. The number of hydrogen-bond acceptors (Lipinski definition) is 14. The number of thiazole rings is 1. The van der Waals surface area contributed by atoms with Crippen LogP contribution in [0, 0.1) is 0 Å². The molecule has 0 radical (unpaired) electrons. The SMILES string of the molecule is Nn1nnnc1C(=S)C1=C(C(=O)O)N2C(=O)[C@@H](NC(=O)/C(=N\OC(c3ccccc3)(c3ccccc3)c3ccccc3)c3csc(NC(c4ccccc4)(c4ccccc4)c4ccccc4)n3)[C@@H]2SC1. The average molecular weight is 981 g/mol. The first-order valence-corrected chi connectivity index (χ1v) is 24.2. The molecule has 0 unspecified atom stereocenters. The second-order valence-corrected chi connectivity index (χ2v) is 18.5. The van der Waals surface area contributed by atoms with Crippen molar-refractivity contribution in [2.45, 2.75) is 22.6 Å². The summed E-state index contributed by atoms with van der Waals surface area (Å²) in [5.74, 6) is 3.00. The Morgan fingerprint density at radius 2 is 1.21 bits per heavy atom. The molecule has 2 aliphatic heterocycles. The summed E-state index contributed by atoms with van der Waals surface area (Å²) < 4.78 is 0. The Hall–Kier alpha value is -8.32. The number of β-lactam (4-membered cyclic amide) rings is 1. The minimum absolute atomic E-state index is 0.0230. The largest absolute Gasteiger partial charge is 0.477 e. The van der Waals surface area contributed by atoms with Crippen LogP contribution < -0.4 is 16.5 Å². The van der Waals surface area contributed by atoms with Gasteiger partial charge in [0.2, 0.25) is 11.4 Å². The number of oxime groups is 1. The number of nitrogens with one attached hydrogen (secondary N) is 2. The minimum Gasteiger partial charge on any atom is -0.477 e.